The molecule has 1 aliphatic rings. The lowest BCUT2D eigenvalue weighted by atomic mass is 10.2. The van der Waals surface area contributed by atoms with Gasteiger partial charge in [-0.15, -0.1) is 0 Å². The topological polar surface area (TPSA) is 71.2 Å². The van der Waals surface area contributed by atoms with Gasteiger partial charge < -0.3 is 10.3 Å². The Balaban J connectivity index is 2.19. The van der Waals surface area contributed by atoms with Crippen LogP contribution >= 0.6 is 11.8 Å². The van der Waals surface area contributed by atoms with E-state index in [9.17, 15) is 4.79 Å². The van der Waals surface area contributed by atoms with E-state index in [1.807, 2.05) is 16.7 Å². The van der Waals surface area contributed by atoms with Crippen molar-refractivity contribution >= 4 is 23.4 Å². The number of nitrogens with two attached hydrogens (primary N) is 1. The maximum absolute atomic E-state index is 12.2. The predicted octanol–water partition coefficient (Wildman–Crippen LogP) is 0.556. The van der Waals surface area contributed by atoms with Crippen LogP contribution in [-0.2, 0) is 0 Å². The molecule has 2 heterocycles. The van der Waals surface area contributed by atoms with Crippen molar-refractivity contribution in [3.05, 3.63) is 24.0 Å². The summed E-state index contributed by atoms with van der Waals surface area (Å²) < 4.78 is 0. The summed E-state index contributed by atoms with van der Waals surface area (Å²) in [5.41, 5.74) is 3.66. The van der Waals surface area contributed by atoms with E-state index < -0.39 is 0 Å². The quantitative estimate of drug-likeness (QED) is 0.582. The Morgan fingerprint density at radius 1 is 1.50 bits per heavy atom. The lowest BCUT2D eigenvalue weighted by molar-refractivity contribution is 0.0773. The molecular formula is C10H14N4OS. The van der Waals surface area contributed by atoms with Crippen LogP contribution in [-0.4, -0.2) is 40.4 Å². The molecular weight excluding hydrogens is 224 g/mol. The van der Waals surface area contributed by atoms with Crippen LogP contribution in [0, 0.1) is 0 Å². The zero-order chi connectivity index (χ0) is 11.4. The van der Waals surface area contributed by atoms with Crippen molar-refractivity contribution in [2.24, 2.45) is 5.84 Å². The number of hydrogen-bond acceptors (Lipinski definition) is 5. The van der Waals surface area contributed by atoms with Gasteiger partial charge in [-0.25, -0.2) is 0 Å². The van der Waals surface area contributed by atoms with Gasteiger partial charge in [-0.2, -0.15) is 11.8 Å². The van der Waals surface area contributed by atoms with Crippen LogP contribution in [0.3, 0.4) is 0 Å². The second kappa shape index (κ2) is 5.18. The van der Waals surface area contributed by atoms with Gasteiger partial charge in [0.15, 0.2) is 0 Å². The molecule has 0 saturated carbocycles. The van der Waals surface area contributed by atoms with Crippen LogP contribution in [0.5, 0.6) is 0 Å². The van der Waals surface area contributed by atoms with Crippen LogP contribution < -0.4 is 11.3 Å². The van der Waals surface area contributed by atoms with Crippen LogP contribution in [0.2, 0.25) is 0 Å². The molecule has 0 aromatic carbocycles. The number of carbonyl (C=O) groups excluding carboxylic acids is 1. The van der Waals surface area contributed by atoms with Crippen molar-refractivity contribution in [3.63, 3.8) is 0 Å². The second-order valence-electron chi connectivity index (χ2n) is 3.47. The number of nitrogen functional groups attached to an aromatic ring is 1. The Labute approximate surface area is 98.4 Å². The predicted molar refractivity (Wildman–Crippen MR) is 65.3 cm³/mol. The van der Waals surface area contributed by atoms with Crippen molar-refractivity contribution in [2.75, 3.05) is 30.0 Å². The molecule has 6 heteroatoms. The summed E-state index contributed by atoms with van der Waals surface area (Å²) in [6.07, 6.45) is 3.17. The van der Waals surface area contributed by atoms with Gasteiger partial charge in [0.25, 0.3) is 5.91 Å². The summed E-state index contributed by atoms with van der Waals surface area (Å²) >= 11 is 1.87. The Morgan fingerprint density at radius 2 is 2.25 bits per heavy atom. The van der Waals surface area contributed by atoms with E-state index in [1.54, 1.807) is 18.5 Å². The van der Waals surface area contributed by atoms with E-state index in [0.29, 0.717) is 11.3 Å². The molecule has 1 saturated heterocycles. The van der Waals surface area contributed by atoms with Crippen LogP contribution in [0.25, 0.3) is 0 Å². The van der Waals surface area contributed by atoms with Gasteiger partial charge in [-0.05, 0) is 6.07 Å². The molecule has 1 aromatic heterocycles. The van der Waals surface area contributed by atoms with Crippen molar-refractivity contribution in [1.82, 2.24) is 9.88 Å². The highest BCUT2D eigenvalue weighted by molar-refractivity contribution is 7.99. The van der Waals surface area contributed by atoms with Gasteiger partial charge in [-0.3, -0.25) is 15.6 Å². The van der Waals surface area contributed by atoms with E-state index >= 15 is 0 Å². The molecule has 5 nitrogen and oxygen atoms in total. The van der Waals surface area contributed by atoms with Crippen LogP contribution in [0.15, 0.2) is 18.5 Å². The zero-order valence-corrected chi connectivity index (χ0v) is 9.67. The maximum atomic E-state index is 12.2. The smallest absolute Gasteiger partial charge is 0.256 e. The van der Waals surface area contributed by atoms with Crippen LogP contribution in [0.1, 0.15) is 10.4 Å². The average Bonchev–Trinajstić information content (AvgIpc) is 2.39. The number of nitrogens with zero attached hydrogens (tertiary/aromatic N) is 2. The molecule has 16 heavy (non-hydrogen) atoms. The van der Waals surface area contributed by atoms with E-state index in [1.165, 1.54) is 0 Å². The summed E-state index contributed by atoms with van der Waals surface area (Å²) in [5.74, 6) is 7.38. The number of carbonyl (C=O) groups is 1. The molecule has 0 radical (unpaired) electrons. The van der Waals surface area contributed by atoms with E-state index in [4.69, 9.17) is 5.84 Å². The lowest BCUT2D eigenvalue weighted by Gasteiger charge is -2.27. The third-order valence-electron chi connectivity index (χ3n) is 2.51. The zero-order valence-electron chi connectivity index (χ0n) is 8.85. The number of amides is 1. The minimum absolute atomic E-state index is 0.0238. The van der Waals surface area contributed by atoms with Gasteiger partial charge in [-0.1, -0.05) is 0 Å². The van der Waals surface area contributed by atoms with Gasteiger partial charge in [0.05, 0.1) is 17.4 Å². The first-order valence-corrected chi connectivity index (χ1v) is 6.26. The Kier molecular flexibility index (Phi) is 3.63. The first-order valence-electron chi connectivity index (χ1n) is 5.10. The normalized spacial score (nSPS) is 15.9. The highest BCUT2D eigenvalue weighted by atomic mass is 32.2. The summed E-state index contributed by atoms with van der Waals surface area (Å²) in [4.78, 5) is 18.0. The van der Waals surface area contributed by atoms with Gasteiger partial charge >= 0.3 is 0 Å². The SMILES string of the molecule is NNc1cnccc1C(=O)N1CCSCC1. The second-order valence-corrected chi connectivity index (χ2v) is 4.69. The summed E-state index contributed by atoms with van der Waals surface area (Å²) in [5, 5.41) is 0. The third-order valence-corrected chi connectivity index (χ3v) is 3.45. The Morgan fingerprint density at radius 3 is 2.94 bits per heavy atom. The van der Waals surface area contributed by atoms with E-state index in [0.717, 1.165) is 24.6 Å². The summed E-state index contributed by atoms with van der Waals surface area (Å²) in [6.45, 7) is 1.60. The minimum atomic E-state index is 0.0238. The fourth-order valence-electron chi connectivity index (χ4n) is 1.63. The first-order chi connectivity index (χ1) is 7.83. The monoisotopic (exact) mass is 238 g/mol. The number of pyridine rings is 1. The first kappa shape index (κ1) is 11.2. The van der Waals surface area contributed by atoms with E-state index in [-0.39, 0.29) is 5.91 Å². The molecule has 1 fully saturated rings. The molecule has 0 spiro atoms. The largest absolute Gasteiger partial charge is 0.337 e. The number of aromatic nitrogens is 1. The molecule has 0 aliphatic carbocycles. The van der Waals surface area contributed by atoms with E-state index in [2.05, 4.69) is 10.4 Å². The molecule has 0 unspecified atom stereocenters. The highest BCUT2D eigenvalue weighted by Crippen LogP contribution is 2.17. The van der Waals surface area contributed by atoms with Crippen molar-refractivity contribution in [1.29, 1.82) is 0 Å². The van der Waals surface area contributed by atoms with Gasteiger partial charge in [0, 0.05) is 30.8 Å². The Hall–Kier alpha value is -1.27. The number of hydrazine groups is 1. The Bertz CT molecular complexity index is 379. The van der Waals surface area contributed by atoms with Gasteiger partial charge in [0.2, 0.25) is 0 Å². The van der Waals surface area contributed by atoms with Gasteiger partial charge in [0.1, 0.15) is 0 Å². The molecule has 86 valence electrons. The lowest BCUT2D eigenvalue weighted by Crippen LogP contribution is -2.38. The molecule has 0 bridgehead atoms. The molecule has 1 amide bonds. The number of hydrogen-bond donors (Lipinski definition) is 2. The third kappa shape index (κ3) is 2.28. The standard InChI is InChI=1S/C10H14N4OS/c11-13-9-7-12-2-1-8(9)10(15)14-3-5-16-6-4-14/h1-2,7,13H,3-6,11H2. The van der Waals surface area contributed by atoms with Crippen molar-refractivity contribution in [3.8, 4) is 0 Å². The molecule has 1 aliphatic heterocycles. The fourth-order valence-corrected chi connectivity index (χ4v) is 2.54. The van der Waals surface area contributed by atoms with Crippen LogP contribution in [0.4, 0.5) is 5.69 Å². The minimum Gasteiger partial charge on any atom is -0.337 e. The molecule has 1 aromatic rings. The highest BCUT2D eigenvalue weighted by Gasteiger charge is 2.20. The number of rotatable bonds is 2. The maximum Gasteiger partial charge on any atom is 0.256 e. The van der Waals surface area contributed by atoms with Crippen molar-refractivity contribution in [2.45, 2.75) is 0 Å². The summed E-state index contributed by atoms with van der Waals surface area (Å²) in [6, 6.07) is 1.69. The summed E-state index contributed by atoms with van der Waals surface area (Å²) in [7, 11) is 0. The fraction of sp³-hybridized carbons (Fsp3) is 0.400. The molecule has 3 N–H and O–H groups in total. The molecule has 0 atom stereocenters. The number of anilines is 1. The molecule has 2 rings (SSSR count). The average molecular weight is 238 g/mol. The van der Waals surface area contributed by atoms with Crippen molar-refractivity contribution < 1.29 is 4.79 Å². The number of thioether (sulfide) groups is 1. The number of nitrogens with one attached hydrogen (secondary N) is 1.